The summed E-state index contributed by atoms with van der Waals surface area (Å²) in [5, 5.41) is 5.86. The normalized spacial score (nSPS) is 15.8. The number of aromatic nitrogens is 2. The highest BCUT2D eigenvalue weighted by Gasteiger charge is 2.42. The highest BCUT2D eigenvalue weighted by Crippen LogP contribution is 2.37. The van der Waals surface area contributed by atoms with Gasteiger partial charge in [0.15, 0.2) is 5.13 Å². The molecule has 0 saturated carbocycles. The van der Waals surface area contributed by atoms with Gasteiger partial charge in [0.25, 0.3) is 5.91 Å². The van der Waals surface area contributed by atoms with Gasteiger partial charge in [-0.05, 0) is 36.6 Å². The van der Waals surface area contributed by atoms with Crippen molar-refractivity contribution in [1.82, 2.24) is 9.97 Å². The van der Waals surface area contributed by atoms with Crippen molar-refractivity contribution in [3.05, 3.63) is 58.2 Å². The monoisotopic (exact) mass is 430 g/mol. The smallest absolute Gasteiger partial charge is 0.265 e. The van der Waals surface area contributed by atoms with E-state index in [1.54, 1.807) is 18.3 Å². The first-order valence-electron chi connectivity index (χ1n) is 9.07. The Hall–Kier alpha value is -2.68. The predicted molar refractivity (Wildman–Crippen MR) is 112 cm³/mol. The highest BCUT2D eigenvalue weighted by molar-refractivity contribution is 7.14. The Bertz CT molecular complexity index is 1060. The quantitative estimate of drug-likeness (QED) is 0.574. The van der Waals surface area contributed by atoms with Crippen LogP contribution in [0.4, 0.5) is 5.13 Å². The molecule has 0 unspecified atom stereocenters. The molecule has 2 aromatic heterocycles. The third kappa shape index (κ3) is 3.91. The topological polar surface area (TPSA) is 110 Å². The number of aromatic amines is 1. The number of primary amides is 1. The van der Waals surface area contributed by atoms with E-state index in [9.17, 15) is 9.59 Å². The predicted octanol–water partition coefficient (Wildman–Crippen LogP) is 3.58. The molecule has 3 aromatic rings. The van der Waals surface area contributed by atoms with E-state index in [1.165, 1.54) is 11.3 Å². The molecule has 0 atom stereocenters. The van der Waals surface area contributed by atoms with E-state index in [-0.39, 0.29) is 5.91 Å². The van der Waals surface area contributed by atoms with Crippen molar-refractivity contribution in [1.29, 1.82) is 0 Å². The third-order valence-electron chi connectivity index (χ3n) is 5.13. The highest BCUT2D eigenvalue weighted by atomic mass is 35.5. The maximum absolute atomic E-state index is 13.3. The van der Waals surface area contributed by atoms with Crippen LogP contribution in [0.3, 0.4) is 0 Å². The molecule has 3 heterocycles. The number of halogens is 1. The number of hydrogen-bond donors (Lipinski definition) is 3. The summed E-state index contributed by atoms with van der Waals surface area (Å²) < 4.78 is 5.49. The largest absolute Gasteiger partial charge is 0.381 e. The molecule has 0 aliphatic carbocycles. The van der Waals surface area contributed by atoms with Gasteiger partial charge in [0.2, 0.25) is 5.91 Å². The van der Waals surface area contributed by atoms with Gasteiger partial charge in [0.1, 0.15) is 5.69 Å². The molecule has 29 heavy (non-hydrogen) atoms. The lowest BCUT2D eigenvalue weighted by Gasteiger charge is -2.36. The fourth-order valence-corrected chi connectivity index (χ4v) is 4.42. The van der Waals surface area contributed by atoms with Crippen molar-refractivity contribution in [3.63, 3.8) is 0 Å². The van der Waals surface area contributed by atoms with Crippen LogP contribution in [0.5, 0.6) is 0 Å². The summed E-state index contributed by atoms with van der Waals surface area (Å²) in [5.74, 6) is -0.668. The lowest BCUT2D eigenvalue weighted by atomic mass is 9.73. The molecular weight excluding hydrogens is 412 g/mol. The summed E-state index contributed by atoms with van der Waals surface area (Å²) in [5.41, 5.74) is 7.11. The van der Waals surface area contributed by atoms with Crippen LogP contribution in [-0.4, -0.2) is 35.0 Å². The van der Waals surface area contributed by atoms with Crippen LogP contribution in [0.15, 0.2) is 41.9 Å². The standard InChI is InChI=1S/C20H19ClN4O3S/c21-14-3-1-2-13(9-14)20(4-6-28-7-5-20)18(27)25-19-24-16(11-29-19)12-8-15(17(22)26)23-10-12/h1-3,8-11,23H,4-7H2,(H2,22,26)(H,24,25,27). The minimum atomic E-state index is -0.720. The fraction of sp³-hybridized carbons (Fsp3) is 0.250. The molecule has 0 bridgehead atoms. The Morgan fingerprint density at radius 3 is 2.76 bits per heavy atom. The van der Waals surface area contributed by atoms with Crippen molar-refractivity contribution in [2.24, 2.45) is 5.73 Å². The van der Waals surface area contributed by atoms with Crippen LogP contribution in [-0.2, 0) is 14.9 Å². The van der Waals surface area contributed by atoms with Crippen LogP contribution in [0.1, 0.15) is 28.9 Å². The summed E-state index contributed by atoms with van der Waals surface area (Å²) >= 11 is 7.50. The van der Waals surface area contributed by atoms with Crippen molar-refractivity contribution in [2.75, 3.05) is 18.5 Å². The molecule has 4 N–H and O–H groups in total. The summed E-state index contributed by atoms with van der Waals surface area (Å²) in [6.07, 6.45) is 2.79. The van der Waals surface area contributed by atoms with E-state index < -0.39 is 11.3 Å². The summed E-state index contributed by atoms with van der Waals surface area (Å²) in [6, 6.07) is 9.04. The van der Waals surface area contributed by atoms with Gasteiger partial charge in [0.05, 0.1) is 11.1 Å². The van der Waals surface area contributed by atoms with Crippen LogP contribution in [0.25, 0.3) is 11.3 Å². The van der Waals surface area contributed by atoms with E-state index in [0.717, 1.165) is 11.1 Å². The summed E-state index contributed by atoms with van der Waals surface area (Å²) in [7, 11) is 0. The lowest BCUT2D eigenvalue weighted by Crippen LogP contribution is -2.44. The van der Waals surface area contributed by atoms with Gasteiger partial charge < -0.3 is 20.8 Å². The number of ether oxygens (including phenoxy) is 1. The van der Waals surface area contributed by atoms with E-state index >= 15 is 0 Å². The number of carbonyl (C=O) groups excluding carboxylic acids is 2. The number of benzene rings is 1. The molecule has 150 valence electrons. The summed E-state index contributed by atoms with van der Waals surface area (Å²) in [6.45, 7) is 1.00. The molecule has 1 fully saturated rings. The SMILES string of the molecule is NC(=O)c1cc(-c2csc(NC(=O)C3(c4cccc(Cl)c4)CCOCC3)n2)c[nH]1. The summed E-state index contributed by atoms with van der Waals surface area (Å²) in [4.78, 5) is 31.9. The molecule has 0 radical (unpaired) electrons. The van der Waals surface area contributed by atoms with Crippen LogP contribution in [0.2, 0.25) is 5.02 Å². The number of H-pyrrole nitrogens is 1. The zero-order valence-corrected chi connectivity index (χ0v) is 17.0. The maximum atomic E-state index is 13.3. The number of nitrogens with zero attached hydrogens (tertiary/aromatic N) is 1. The number of anilines is 1. The molecule has 1 aromatic carbocycles. The van der Waals surface area contributed by atoms with Gasteiger partial charge in [-0.25, -0.2) is 4.98 Å². The number of thiazole rings is 1. The molecule has 7 nitrogen and oxygen atoms in total. The molecule has 2 amide bonds. The van der Waals surface area contributed by atoms with Gasteiger partial charge >= 0.3 is 0 Å². The zero-order valence-electron chi connectivity index (χ0n) is 15.4. The molecule has 1 saturated heterocycles. The fourth-order valence-electron chi connectivity index (χ4n) is 3.52. The van der Waals surface area contributed by atoms with Crippen LogP contribution >= 0.6 is 22.9 Å². The van der Waals surface area contributed by atoms with E-state index in [4.69, 9.17) is 22.1 Å². The average molecular weight is 431 g/mol. The van der Waals surface area contributed by atoms with Gasteiger partial charge in [-0.15, -0.1) is 11.3 Å². The molecule has 1 aliphatic heterocycles. The van der Waals surface area contributed by atoms with Gasteiger partial charge in [-0.1, -0.05) is 23.7 Å². The first kappa shape index (κ1) is 19.6. The minimum Gasteiger partial charge on any atom is -0.381 e. The minimum absolute atomic E-state index is 0.129. The van der Waals surface area contributed by atoms with Crippen LogP contribution in [0, 0.1) is 0 Å². The number of nitrogens with one attached hydrogen (secondary N) is 2. The van der Waals surface area contributed by atoms with Gasteiger partial charge in [-0.2, -0.15) is 0 Å². The molecule has 9 heteroatoms. The Balaban J connectivity index is 1.58. The van der Waals surface area contributed by atoms with E-state index in [0.29, 0.717) is 47.6 Å². The Morgan fingerprint density at radius 2 is 2.07 bits per heavy atom. The molecular formula is C20H19ClN4O3S. The average Bonchev–Trinajstić information content (AvgIpc) is 3.38. The second-order valence-electron chi connectivity index (χ2n) is 6.86. The number of carbonyl (C=O) groups is 2. The molecule has 4 rings (SSSR count). The third-order valence-corrected chi connectivity index (χ3v) is 6.12. The van der Waals surface area contributed by atoms with Crippen LogP contribution < -0.4 is 11.1 Å². The molecule has 0 spiro atoms. The number of hydrogen-bond acceptors (Lipinski definition) is 5. The van der Waals surface area contributed by atoms with E-state index in [1.807, 2.05) is 23.6 Å². The Morgan fingerprint density at radius 1 is 1.28 bits per heavy atom. The Labute approximate surface area is 176 Å². The number of nitrogens with two attached hydrogens (primary N) is 1. The first-order chi connectivity index (χ1) is 14.0. The van der Waals surface area contributed by atoms with Crippen molar-refractivity contribution in [2.45, 2.75) is 18.3 Å². The molecule has 1 aliphatic rings. The number of amides is 2. The first-order valence-corrected chi connectivity index (χ1v) is 10.3. The maximum Gasteiger partial charge on any atom is 0.265 e. The van der Waals surface area contributed by atoms with E-state index in [2.05, 4.69) is 15.3 Å². The second kappa shape index (κ2) is 7.98. The number of rotatable bonds is 5. The second-order valence-corrected chi connectivity index (χ2v) is 8.16. The van der Waals surface area contributed by atoms with Crippen molar-refractivity contribution in [3.8, 4) is 11.3 Å². The lowest BCUT2D eigenvalue weighted by molar-refractivity contribution is -0.125. The van der Waals surface area contributed by atoms with Crippen molar-refractivity contribution < 1.29 is 14.3 Å². The zero-order chi connectivity index (χ0) is 20.4. The van der Waals surface area contributed by atoms with Gasteiger partial charge in [0, 0.05) is 35.4 Å². The van der Waals surface area contributed by atoms with Crippen molar-refractivity contribution >= 4 is 39.9 Å². The Kier molecular flexibility index (Phi) is 5.40. The van der Waals surface area contributed by atoms with Gasteiger partial charge in [-0.3, -0.25) is 9.59 Å².